The van der Waals surface area contributed by atoms with E-state index in [1.807, 2.05) is 44.2 Å². The summed E-state index contributed by atoms with van der Waals surface area (Å²) in [6.07, 6.45) is 1.74. The van der Waals surface area contributed by atoms with Gasteiger partial charge in [0.1, 0.15) is 0 Å². The number of carbonyl (C=O) groups excluding carboxylic acids is 2. The van der Waals surface area contributed by atoms with Crippen molar-refractivity contribution in [2.24, 2.45) is 11.3 Å². The Balaban J connectivity index is 1.79. The number of carbonyl (C=O) groups is 2. The lowest BCUT2D eigenvalue weighted by Gasteiger charge is -2.24. The third-order valence-corrected chi connectivity index (χ3v) is 4.63. The monoisotopic (exact) mass is 332 g/mol. The molecule has 1 aliphatic rings. The summed E-state index contributed by atoms with van der Waals surface area (Å²) in [4.78, 5) is 26.2. The molecule has 1 fully saturated rings. The van der Waals surface area contributed by atoms with Crippen molar-refractivity contribution in [3.05, 3.63) is 35.9 Å². The fourth-order valence-corrected chi connectivity index (χ4v) is 2.93. The minimum absolute atomic E-state index is 0.0562. The third-order valence-electron chi connectivity index (χ3n) is 4.63. The molecule has 0 saturated carbocycles. The van der Waals surface area contributed by atoms with Crippen molar-refractivity contribution < 1.29 is 14.7 Å². The molecule has 5 heteroatoms. The first-order valence-electron chi connectivity index (χ1n) is 8.61. The summed E-state index contributed by atoms with van der Waals surface area (Å²) >= 11 is 0. The maximum atomic E-state index is 12.3. The van der Waals surface area contributed by atoms with Crippen LogP contribution in [0.4, 0.5) is 0 Å². The summed E-state index contributed by atoms with van der Waals surface area (Å²) in [6, 6.07) is 10.1. The summed E-state index contributed by atoms with van der Waals surface area (Å²) in [5.74, 6) is -0.268. The molecule has 1 aliphatic heterocycles. The van der Waals surface area contributed by atoms with E-state index in [4.69, 9.17) is 5.11 Å². The van der Waals surface area contributed by atoms with Gasteiger partial charge in [-0.25, -0.2) is 0 Å². The fourth-order valence-electron chi connectivity index (χ4n) is 2.93. The van der Waals surface area contributed by atoms with Crippen LogP contribution in [0.15, 0.2) is 30.3 Å². The largest absolute Gasteiger partial charge is 0.396 e. The Morgan fingerprint density at radius 2 is 2.04 bits per heavy atom. The Morgan fingerprint density at radius 3 is 2.71 bits per heavy atom. The van der Waals surface area contributed by atoms with Crippen LogP contribution in [0, 0.1) is 11.3 Å². The first-order valence-corrected chi connectivity index (χ1v) is 8.61. The zero-order valence-electron chi connectivity index (χ0n) is 14.6. The quantitative estimate of drug-likeness (QED) is 0.760. The topological polar surface area (TPSA) is 69.6 Å². The van der Waals surface area contributed by atoms with Gasteiger partial charge in [-0.2, -0.15) is 0 Å². The van der Waals surface area contributed by atoms with E-state index in [0.29, 0.717) is 32.5 Å². The average molecular weight is 332 g/mol. The fraction of sp³-hybridized carbons (Fsp3) is 0.579. The molecule has 0 radical (unpaired) electrons. The van der Waals surface area contributed by atoms with Gasteiger partial charge in [0.05, 0.1) is 5.92 Å². The molecule has 0 aromatic heterocycles. The highest BCUT2D eigenvalue weighted by Gasteiger charge is 2.34. The predicted octanol–water partition coefficient (Wildman–Crippen LogP) is 1.60. The summed E-state index contributed by atoms with van der Waals surface area (Å²) in [5, 5.41) is 12.0. The van der Waals surface area contributed by atoms with Crippen LogP contribution in [0.3, 0.4) is 0 Å². The van der Waals surface area contributed by atoms with E-state index in [9.17, 15) is 9.59 Å². The van der Waals surface area contributed by atoms with Gasteiger partial charge in [-0.15, -0.1) is 0 Å². The van der Waals surface area contributed by atoms with Crippen molar-refractivity contribution in [2.75, 3.05) is 26.2 Å². The normalized spacial score (nSPS) is 18.0. The number of rotatable bonds is 8. The molecule has 1 aromatic rings. The molecule has 132 valence electrons. The number of aliphatic hydroxyl groups is 1. The first kappa shape index (κ1) is 18.5. The standard InChI is InChI=1S/C19H28N2O3/c1-19(2,9-11-22)14-20-18(24)16-12-17(23)21(13-16)10-8-15-6-4-3-5-7-15/h3-7,16,22H,8-14H2,1-2H3,(H,20,24). The van der Waals surface area contributed by atoms with Gasteiger partial charge in [0.25, 0.3) is 0 Å². The molecule has 1 aromatic carbocycles. The lowest BCUT2D eigenvalue weighted by atomic mass is 9.89. The van der Waals surface area contributed by atoms with Crippen molar-refractivity contribution in [3.63, 3.8) is 0 Å². The SMILES string of the molecule is CC(C)(CCO)CNC(=O)C1CC(=O)N(CCc2ccccc2)C1. The Kier molecular flexibility index (Phi) is 6.37. The molecule has 0 aliphatic carbocycles. The molecule has 0 spiro atoms. The second-order valence-electron chi connectivity index (χ2n) is 7.33. The molecule has 1 saturated heterocycles. The van der Waals surface area contributed by atoms with Crippen LogP contribution in [-0.2, 0) is 16.0 Å². The Labute approximate surface area is 144 Å². The highest BCUT2D eigenvalue weighted by molar-refractivity contribution is 5.89. The Morgan fingerprint density at radius 1 is 1.33 bits per heavy atom. The number of hydrogen-bond acceptors (Lipinski definition) is 3. The average Bonchev–Trinajstić information content (AvgIpc) is 2.93. The highest BCUT2D eigenvalue weighted by atomic mass is 16.3. The molecule has 1 heterocycles. The molecule has 5 nitrogen and oxygen atoms in total. The van der Waals surface area contributed by atoms with Crippen LogP contribution in [-0.4, -0.2) is 48.1 Å². The van der Waals surface area contributed by atoms with E-state index >= 15 is 0 Å². The molecule has 2 rings (SSSR count). The minimum Gasteiger partial charge on any atom is -0.396 e. The summed E-state index contributed by atoms with van der Waals surface area (Å²) in [6.45, 7) is 5.80. The van der Waals surface area contributed by atoms with Gasteiger partial charge in [-0.3, -0.25) is 9.59 Å². The molecule has 0 bridgehead atoms. The number of amides is 2. The Bertz CT molecular complexity index is 557. The smallest absolute Gasteiger partial charge is 0.225 e. The van der Waals surface area contributed by atoms with Crippen LogP contribution in [0.2, 0.25) is 0 Å². The van der Waals surface area contributed by atoms with Gasteiger partial charge in [-0.1, -0.05) is 44.2 Å². The van der Waals surface area contributed by atoms with Crippen molar-refractivity contribution in [1.82, 2.24) is 10.2 Å². The van der Waals surface area contributed by atoms with Gasteiger partial charge in [0.2, 0.25) is 11.8 Å². The van der Waals surface area contributed by atoms with Gasteiger partial charge in [0, 0.05) is 32.7 Å². The van der Waals surface area contributed by atoms with Crippen LogP contribution >= 0.6 is 0 Å². The van der Waals surface area contributed by atoms with Crippen molar-refractivity contribution >= 4 is 11.8 Å². The predicted molar refractivity (Wildman–Crippen MR) is 93.3 cm³/mol. The minimum atomic E-state index is -0.266. The maximum absolute atomic E-state index is 12.3. The number of nitrogens with zero attached hydrogens (tertiary/aromatic N) is 1. The van der Waals surface area contributed by atoms with E-state index in [2.05, 4.69) is 5.32 Å². The molecule has 1 unspecified atom stereocenters. The molecule has 2 N–H and O–H groups in total. The zero-order valence-corrected chi connectivity index (χ0v) is 14.6. The molecule has 2 amide bonds. The van der Waals surface area contributed by atoms with E-state index in [-0.39, 0.29) is 29.8 Å². The number of likely N-dealkylation sites (tertiary alicyclic amines) is 1. The van der Waals surface area contributed by atoms with E-state index in [0.717, 1.165) is 6.42 Å². The van der Waals surface area contributed by atoms with Gasteiger partial charge in [0.15, 0.2) is 0 Å². The number of aliphatic hydroxyl groups excluding tert-OH is 1. The second-order valence-corrected chi connectivity index (χ2v) is 7.33. The first-order chi connectivity index (χ1) is 11.4. The van der Waals surface area contributed by atoms with E-state index in [1.54, 1.807) is 4.90 Å². The van der Waals surface area contributed by atoms with Crippen LogP contribution in [0.25, 0.3) is 0 Å². The van der Waals surface area contributed by atoms with Crippen LogP contribution < -0.4 is 5.32 Å². The van der Waals surface area contributed by atoms with Gasteiger partial charge >= 0.3 is 0 Å². The zero-order chi connectivity index (χ0) is 17.6. The molecular weight excluding hydrogens is 304 g/mol. The third kappa shape index (κ3) is 5.34. The maximum Gasteiger partial charge on any atom is 0.225 e. The lowest BCUT2D eigenvalue weighted by Crippen LogP contribution is -2.39. The highest BCUT2D eigenvalue weighted by Crippen LogP contribution is 2.21. The lowest BCUT2D eigenvalue weighted by molar-refractivity contribution is -0.129. The molecule has 1 atom stereocenters. The number of nitrogens with one attached hydrogen (secondary N) is 1. The van der Waals surface area contributed by atoms with Gasteiger partial charge < -0.3 is 15.3 Å². The molecular formula is C19H28N2O3. The van der Waals surface area contributed by atoms with Crippen LogP contribution in [0.1, 0.15) is 32.3 Å². The van der Waals surface area contributed by atoms with Crippen LogP contribution in [0.5, 0.6) is 0 Å². The van der Waals surface area contributed by atoms with Crippen molar-refractivity contribution in [3.8, 4) is 0 Å². The van der Waals surface area contributed by atoms with E-state index in [1.165, 1.54) is 5.56 Å². The Hall–Kier alpha value is -1.88. The summed E-state index contributed by atoms with van der Waals surface area (Å²) in [7, 11) is 0. The number of hydrogen-bond donors (Lipinski definition) is 2. The van der Waals surface area contributed by atoms with Crippen molar-refractivity contribution in [1.29, 1.82) is 0 Å². The second kappa shape index (κ2) is 8.29. The molecule has 24 heavy (non-hydrogen) atoms. The van der Waals surface area contributed by atoms with Crippen molar-refractivity contribution in [2.45, 2.75) is 33.1 Å². The summed E-state index contributed by atoms with van der Waals surface area (Å²) in [5.41, 5.74) is 1.06. The van der Waals surface area contributed by atoms with E-state index < -0.39 is 0 Å². The summed E-state index contributed by atoms with van der Waals surface area (Å²) < 4.78 is 0. The van der Waals surface area contributed by atoms with Gasteiger partial charge in [-0.05, 0) is 23.8 Å². The number of benzene rings is 1.